The lowest BCUT2D eigenvalue weighted by molar-refractivity contribution is 0.0606. The number of rotatable bonds is 2. The van der Waals surface area contributed by atoms with Crippen LogP contribution in [0.2, 0.25) is 0 Å². The molecule has 24 heavy (non-hydrogen) atoms. The summed E-state index contributed by atoms with van der Waals surface area (Å²) in [4.78, 5) is 29.6. The molecule has 3 rings (SSSR count). The van der Waals surface area contributed by atoms with Crippen LogP contribution in [0.4, 0.5) is 5.69 Å². The second-order valence-corrected chi connectivity index (χ2v) is 7.03. The smallest absolute Gasteiger partial charge is 0.348 e. The molecule has 0 unspecified atom stereocenters. The van der Waals surface area contributed by atoms with E-state index >= 15 is 0 Å². The molecule has 0 spiro atoms. The Balaban J connectivity index is 1.89. The number of ether oxygens (including phenoxy) is 1. The van der Waals surface area contributed by atoms with Crippen molar-refractivity contribution in [1.82, 2.24) is 4.90 Å². The minimum Gasteiger partial charge on any atom is -0.465 e. The van der Waals surface area contributed by atoms with Gasteiger partial charge in [0, 0.05) is 31.9 Å². The van der Waals surface area contributed by atoms with Crippen molar-refractivity contribution in [2.24, 2.45) is 0 Å². The first-order valence-electron chi connectivity index (χ1n) is 7.79. The number of benzene rings is 1. The zero-order valence-corrected chi connectivity index (χ0v) is 14.8. The summed E-state index contributed by atoms with van der Waals surface area (Å²) in [6.07, 6.45) is 0. The maximum absolute atomic E-state index is 13.0. The number of nitrogens with zero attached hydrogens (tertiary/aromatic N) is 2. The van der Waals surface area contributed by atoms with E-state index in [1.165, 1.54) is 18.4 Å². The second kappa shape index (κ2) is 6.65. The fraction of sp³-hybridized carbons (Fsp3) is 0.333. The highest BCUT2D eigenvalue weighted by atomic mass is 32.1. The Hall–Kier alpha value is -2.34. The highest BCUT2D eigenvalue weighted by Gasteiger charge is 2.28. The Morgan fingerprint density at radius 2 is 1.88 bits per heavy atom. The number of hydrogen-bond acceptors (Lipinski definition) is 5. The summed E-state index contributed by atoms with van der Waals surface area (Å²) >= 11 is 1.18. The lowest BCUT2D eigenvalue weighted by Gasteiger charge is -2.28. The van der Waals surface area contributed by atoms with E-state index < -0.39 is 5.97 Å². The number of thiophene rings is 1. The first-order valence-corrected chi connectivity index (χ1v) is 8.61. The van der Waals surface area contributed by atoms with Crippen molar-refractivity contribution in [2.45, 2.75) is 19.5 Å². The maximum atomic E-state index is 13.0. The third-order valence-corrected chi connectivity index (χ3v) is 5.33. The first-order chi connectivity index (χ1) is 11.5. The molecule has 5 nitrogen and oxygen atoms in total. The van der Waals surface area contributed by atoms with E-state index in [4.69, 9.17) is 4.74 Å². The van der Waals surface area contributed by atoms with Crippen LogP contribution >= 0.6 is 11.3 Å². The van der Waals surface area contributed by atoms with E-state index in [-0.39, 0.29) is 11.9 Å². The molecule has 126 valence electrons. The van der Waals surface area contributed by atoms with Crippen LogP contribution in [0.25, 0.3) is 0 Å². The lowest BCUT2D eigenvalue weighted by Crippen LogP contribution is -2.41. The first kappa shape index (κ1) is 16.5. The van der Waals surface area contributed by atoms with Gasteiger partial charge in [0.25, 0.3) is 5.91 Å². The average Bonchev–Trinajstić information content (AvgIpc) is 3.04. The van der Waals surface area contributed by atoms with Gasteiger partial charge >= 0.3 is 5.97 Å². The normalized spacial score (nSPS) is 17.2. The molecule has 0 N–H and O–H groups in total. The lowest BCUT2D eigenvalue weighted by atomic mass is 10.1. The summed E-state index contributed by atoms with van der Waals surface area (Å²) in [5.41, 5.74) is 2.28. The topological polar surface area (TPSA) is 49.9 Å². The summed E-state index contributed by atoms with van der Waals surface area (Å²) < 4.78 is 4.72. The number of carbonyl (C=O) groups excluding carboxylic acids is 2. The molecule has 1 aromatic carbocycles. The minimum atomic E-state index is -0.409. The van der Waals surface area contributed by atoms with Gasteiger partial charge in [-0.25, -0.2) is 4.79 Å². The molecule has 0 saturated heterocycles. The van der Waals surface area contributed by atoms with Gasteiger partial charge in [-0.1, -0.05) is 18.2 Å². The van der Waals surface area contributed by atoms with Gasteiger partial charge in [-0.05, 0) is 30.7 Å². The molecule has 1 aliphatic heterocycles. The Morgan fingerprint density at radius 1 is 1.17 bits per heavy atom. The molecular weight excluding hydrogens is 324 g/mol. The second-order valence-electron chi connectivity index (χ2n) is 5.95. The van der Waals surface area contributed by atoms with Gasteiger partial charge in [0.05, 0.1) is 12.0 Å². The van der Waals surface area contributed by atoms with E-state index in [9.17, 15) is 9.59 Å². The van der Waals surface area contributed by atoms with Gasteiger partial charge < -0.3 is 14.5 Å². The molecule has 1 aliphatic rings. The minimum absolute atomic E-state index is 0.0484. The van der Waals surface area contributed by atoms with Crippen molar-refractivity contribution >= 4 is 28.9 Å². The summed E-state index contributed by atoms with van der Waals surface area (Å²) in [5.74, 6) is -0.458. The number of esters is 1. The standard InChI is InChI=1S/C18H20N2O3S/c1-12-10-19(2)14-7-5-4-6-13(14)11-20(12)17(21)15-8-9-16(24-15)18(22)23-3/h4-9,12H,10-11H2,1-3H3/t12-/m1/s1. The van der Waals surface area contributed by atoms with Crippen molar-refractivity contribution in [2.75, 3.05) is 25.6 Å². The number of anilines is 1. The summed E-state index contributed by atoms with van der Waals surface area (Å²) in [6, 6.07) is 11.6. The van der Waals surface area contributed by atoms with E-state index in [0.29, 0.717) is 16.3 Å². The SMILES string of the molecule is COC(=O)c1ccc(C(=O)N2Cc3ccccc3N(C)C[C@H]2C)s1. The summed E-state index contributed by atoms with van der Waals surface area (Å²) in [5, 5.41) is 0. The van der Waals surface area contributed by atoms with Gasteiger partial charge in [-0.2, -0.15) is 0 Å². The van der Waals surface area contributed by atoms with E-state index in [2.05, 4.69) is 24.0 Å². The fourth-order valence-corrected chi connectivity index (χ4v) is 3.91. The molecule has 1 atom stereocenters. The Labute approximate surface area is 145 Å². The maximum Gasteiger partial charge on any atom is 0.348 e. The highest BCUT2D eigenvalue weighted by molar-refractivity contribution is 7.15. The van der Waals surface area contributed by atoms with Gasteiger partial charge in [0.15, 0.2) is 0 Å². The van der Waals surface area contributed by atoms with E-state index in [0.717, 1.165) is 17.8 Å². The van der Waals surface area contributed by atoms with Crippen molar-refractivity contribution in [1.29, 1.82) is 0 Å². The van der Waals surface area contributed by atoms with Crippen molar-refractivity contribution in [3.05, 3.63) is 51.7 Å². The molecule has 0 bridgehead atoms. The molecule has 0 fully saturated rings. The van der Waals surface area contributed by atoms with Crippen LogP contribution in [0.1, 0.15) is 31.8 Å². The average molecular weight is 344 g/mol. The van der Waals surface area contributed by atoms with Crippen LogP contribution in [0.3, 0.4) is 0 Å². The predicted octanol–water partition coefficient (Wildman–Crippen LogP) is 3.02. The molecule has 1 aromatic heterocycles. The van der Waals surface area contributed by atoms with Crippen molar-refractivity contribution in [3.8, 4) is 0 Å². The van der Waals surface area contributed by atoms with Crippen LogP contribution in [-0.4, -0.2) is 43.5 Å². The summed E-state index contributed by atoms with van der Waals surface area (Å²) in [6.45, 7) is 3.37. The monoisotopic (exact) mass is 344 g/mol. The highest BCUT2D eigenvalue weighted by Crippen LogP contribution is 2.28. The van der Waals surface area contributed by atoms with Gasteiger partial charge in [-0.3, -0.25) is 4.79 Å². The Kier molecular flexibility index (Phi) is 4.57. The molecule has 0 saturated carbocycles. The van der Waals surface area contributed by atoms with Crippen LogP contribution in [-0.2, 0) is 11.3 Å². The number of amides is 1. The van der Waals surface area contributed by atoms with Crippen LogP contribution in [0.5, 0.6) is 0 Å². The zero-order valence-electron chi connectivity index (χ0n) is 14.0. The molecule has 2 heterocycles. The van der Waals surface area contributed by atoms with Gasteiger partial charge in [0.1, 0.15) is 4.88 Å². The Morgan fingerprint density at radius 3 is 2.62 bits per heavy atom. The van der Waals surface area contributed by atoms with Gasteiger partial charge in [0.2, 0.25) is 0 Å². The largest absolute Gasteiger partial charge is 0.465 e. The number of fused-ring (bicyclic) bond motifs is 1. The van der Waals surface area contributed by atoms with Crippen molar-refractivity contribution < 1.29 is 14.3 Å². The third-order valence-electron chi connectivity index (χ3n) is 4.28. The molecule has 0 aliphatic carbocycles. The van der Waals surface area contributed by atoms with Crippen LogP contribution in [0.15, 0.2) is 36.4 Å². The quantitative estimate of drug-likeness (QED) is 0.786. The van der Waals surface area contributed by atoms with Crippen LogP contribution < -0.4 is 4.90 Å². The Bertz CT molecular complexity index is 771. The fourth-order valence-electron chi connectivity index (χ4n) is 3.03. The molecule has 0 radical (unpaired) electrons. The van der Waals surface area contributed by atoms with E-state index in [1.54, 1.807) is 12.1 Å². The predicted molar refractivity (Wildman–Crippen MR) is 94.7 cm³/mol. The van der Waals surface area contributed by atoms with E-state index in [1.807, 2.05) is 24.1 Å². The van der Waals surface area contributed by atoms with Crippen LogP contribution in [0, 0.1) is 0 Å². The zero-order chi connectivity index (χ0) is 17.3. The molecule has 6 heteroatoms. The molecular formula is C18H20N2O3S. The molecule has 2 aromatic rings. The number of hydrogen-bond donors (Lipinski definition) is 0. The molecule has 1 amide bonds. The number of likely N-dealkylation sites (N-methyl/N-ethyl adjacent to an activating group) is 1. The number of para-hydroxylation sites is 1. The summed E-state index contributed by atoms with van der Waals surface area (Å²) in [7, 11) is 3.39. The number of methoxy groups -OCH3 is 1. The van der Waals surface area contributed by atoms with Gasteiger partial charge in [-0.15, -0.1) is 11.3 Å². The van der Waals surface area contributed by atoms with Crippen molar-refractivity contribution in [3.63, 3.8) is 0 Å². The third kappa shape index (κ3) is 3.01. The number of carbonyl (C=O) groups is 2.